The number of rotatable bonds is 4. The summed E-state index contributed by atoms with van der Waals surface area (Å²) in [5, 5.41) is 13.2. The zero-order valence-corrected chi connectivity index (χ0v) is 21.7. The van der Waals surface area contributed by atoms with E-state index in [1.165, 1.54) is 16.8 Å². The van der Waals surface area contributed by atoms with Gasteiger partial charge in [0.1, 0.15) is 11.6 Å². The predicted molar refractivity (Wildman–Crippen MR) is 142 cm³/mol. The summed E-state index contributed by atoms with van der Waals surface area (Å²) in [6.45, 7) is 2.91. The minimum absolute atomic E-state index is 0.0444. The van der Waals surface area contributed by atoms with Gasteiger partial charge in [-0.1, -0.05) is 0 Å². The Kier molecular flexibility index (Phi) is 4.55. The molecule has 0 amide bonds. The predicted octanol–water partition coefficient (Wildman–Crippen LogP) is 4.55. The summed E-state index contributed by atoms with van der Waals surface area (Å²) in [4.78, 5) is 14.0. The average molecular weight is 528 g/mol. The summed E-state index contributed by atoms with van der Waals surface area (Å²) >= 11 is 0. The third kappa shape index (κ3) is 3.21. The van der Waals surface area contributed by atoms with Gasteiger partial charge < -0.3 is 5.32 Å². The molecule has 4 heterocycles. The molecule has 39 heavy (non-hydrogen) atoms. The molecule has 198 valence electrons. The van der Waals surface area contributed by atoms with E-state index in [-0.39, 0.29) is 28.9 Å². The second-order valence-corrected chi connectivity index (χ2v) is 11.3. The molecule has 0 saturated heterocycles. The van der Waals surface area contributed by atoms with Crippen molar-refractivity contribution in [1.29, 1.82) is 0 Å². The molecule has 2 saturated carbocycles. The summed E-state index contributed by atoms with van der Waals surface area (Å²) in [7, 11) is 1.75. The van der Waals surface area contributed by atoms with Crippen LogP contribution in [0.5, 0.6) is 0 Å². The van der Waals surface area contributed by atoms with Crippen molar-refractivity contribution in [3.63, 3.8) is 0 Å². The van der Waals surface area contributed by atoms with Gasteiger partial charge in [0, 0.05) is 43.0 Å². The first-order chi connectivity index (χ1) is 18.9. The monoisotopic (exact) mass is 527 g/mol. The SMILES string of the molecule is C[C@@H]1NCC2(CC2)c2nn(-c3ccc(F)c(C4CC4)c3)c(-n3ccn(-c4ccc5c(cnn5C)c4F)c3=O)c21. The van der Waals surface area contributed by atoms with Gasteiger partial charge in [-0.25, -0.2) is 18.3 Å². The van der Waals surface area contributed by atoms with Crippen molar-refractivity contribution in [2.75, 3.05) is 6.54 Å². The molecule has 3 aliphatic rings. The molecule has 8 nitrogen and oxygen atoms in total. The van der Waals surface area contributed by atoms with Crippen molar-refractivity contribution in [2.24, 2.45) is 7.05 Å². The van der Waals surface area contributed by atoms with E-state index >= 15 is 4.39 Å². The van der Waals surface area contributed by atoms with Crippen molar-refractivity contribution >= 4 is 10.9 Å². The van der Waals surface area contributed by atoms with E-state index in [0.717, 1.165) is 43.5 Å². The van der Waals surface area contributed by atoms with Crippen LogP contribution in [0.3, 0.4) is 0 Å². The van der Waals surface area contributed by atoms with Gasteiger partial charge in [0.2, 0.25) is 0 Å². The van der Waals surface area contributed by atoms with Gasteiger partial charge >= 0.3 is 5.69 Å². The van der Waals surface area contributed by atoms with Gasteiger partial charge in [0.25, 0.3) is 0 Å². The molecule has 0 radical (unpaired) electrons. The van der Waals surface area contributed by atoms with Crippen LogP contribution in [0.15, 0.2) is 53.7 Å². The number of fused-ring (bicyclic) bond motifs is 3. The molecule has 10 heteroatoms. The maximum absolute atomic E-state index is 15.6. The Morgan fingerprint density at radius 1 is 1.08 bits per heavy atom. The largest absolute Gasteiger partial charge is 0.338 e. The van der Waals surface area contributed by atoms with E-state index in [2.05, 4.69) is 17.3 Å². The van der Waals surface area contributed by atoms with Crippen molar-refractivity contribution in [3.8, 4) is 17.2 Å². The fourth-order valence-corrected chi connectivity index (χ4v) is 6.18. The highest BCUT2D eigenvalue weighted by Crippen LogP contribution is 2.53. The molecule has 1 aliphatic heterocycles. The lowest BCUT2D eigenvalue weighted by Crippen LogP contribution is -2.36. The smallest absolute Gasteiger partial charge is 0.309 e. The first-order valence-electron chi connectivity index (χ1n) is 13.4. The normalized spacial score (nSPS) is 19.6. The number of halogens is 2. The summed E-state index contributed by atoms with van der Waals surface area (Å²) < 4.78 is 36.5. The van der Waals surface area contributed by atoms with Crippen molar-refractivity contribution in [3.05, 3.63) is 87.9 Å². The molecule has 1 atom stereocenters. The third-order valence-corrected chi connectivity index (χ3v) is 8.78. The maximum Gasteiger partial charge on any atom is 0.338 e. The van der Waals surface area contributed by atoms with Crippen LogP contribution in [0, 0.1) is 11.6 Å². The Hall–Kier alpha value is -4.05. The quantitative estimate of drug-likeness (QED) is 0.372. The van der Waals surface area contributed by atoms with Crippen LogP contribution in [-0.2, 0) is 12.5 Å². The van der Waals surface area contributed by atoms with Gasteiger partial charge in [-0.2, -0.15) is 10.2 Å². The number of benzene rings is 2. The van der Waals surface area contributed by atoms with Crippen LogP contribution in [-0.4, -0.2) is 35.2 Å². The number of hydrogen-bond donors (Lipinski definition) is 1. The Morgan fingerprint density at radius 2 is 1.87 bits per heavy atom. The molecule has 0 bridgehead atoms. The average Bonchev–Trinajstić information content (AvgIpc) is 3.81. The second-order valence-electron chi connectivity index (χ2n) is 11.3. The van der Waals surface area contributed by atoms with E-state index in [4.69, 9.17) is 5.10 Å². The van der Waals surface area contributed by atoms with Gasteiger partial charge in [-0.05, 0) is 74.4 Å². The zero-order valence-electron chi connectivity index (χ0n) is 21.7. The first-order valence-corrected chi connectivity index (χ1v) is 13.4. The number of nitrogens with zero attached hydrogens (tertiary/aromatic N) is 6. The minimum atomic E-state index is -0.504. The Balaban J connectivity index is 1.35. The lowest BCUT2D eigenvalue weighted by Gasteiger charge is -2.27. The zero-order chi connectivity index (χ0) is 26.6. The molecule has 8 rings (SSSR count). The van der Waals surface area contributed by atoms with E-state index < -0.39 is 11.5 Å². The van der Waals surface area contributed by atoms with Crippen LogP contribution >= 0.6 is 0 Å². The second kappa shape index (κ2) is 7.75. The molecular formula is C29H27F2N7O. The van der Waals surface area contributed by atoms with Crippen LogP contribution in [0.4, 0.5) is 8.78 Å². The fraction of sp³-hybridized carbons (Fsp3) is 0.345. The number of imidazole rings is 1. The lowest BCUT2D eigenvalue weighted by molar-refractivity contribution is 0.459. The van der Waals surface area contributed by atoms with Crippen LogP contribution < -0.4 is 11.0 Å². The maximum atomic E-state index is 15.6. The van der Waals surface area contributed by atoms with Crippen molar-refractivity contribution < 1.29 is 8.78 Å². The molecule has 5 aromatic rings. The Morgan fingerprint density at radius 3 is 2.64 bits per heavy atom. The summed E-state index contributed by atoms with van der Waals surface area (Å²) in [6, 6.07) is 8.40. The Labute approximate surface area is 222 Å². The summed E-state index contributed by atoms with van der Waals surface area (Å²) in [5.74, 6) is 0.118. The van der Waals surface area contributed by atoms with Crippen LogP contribution in [0.1, 0.15) is 61.4 Å². The molecule has 1 spiro atoms. The van der Waals surface area contributed by atoms with Gasteiger partial charge in [0.05, 0.1) is 34.2 Å². The topological polar surface area (TPSA) is 74.6 Å². The van der Waals surface area contributed by atoms with E-state index in [9.17, 15) is 9.18 Å². The molecule has 3 aromatic heterocycles. The summed E-state index contributed by atoms with van der Waals surface area (Å²) in [5.41, 5.74) is 3.69. The van der Waals surface area contributed by atoms with E-state index in [0.29, 0.717) is 28.0 Å². The number of hydrogen-bond acceptors (Lipinski definition) is 4. The van der Waals surface area contributed by atoms with Crippen molar-refractivity contribution in [1.82, 2.24) is 34.0 Å². The standard InChI is InChI=1S/C29H27F2N7O/c1-16-24-26(29(9-10-29)15-32-16)34-38(18-5-6-21(30)19(13-18)17-3-4-17)27(24)37-12-11-36(28(37)39)23-8-7-22-20(25(23)31)14-33-35(22)2/h5-8,11-14,16-17,32H,3-4,9-10,15H2,1-2H3/t16-/m0/s1. The summed E-state index contributed by atoms with van der Waals surface area (Å²) in [6.07, 6.45) is 8.72. The third-order valence-electron chi connectivity index (χ3n) is 8.78. The molecule has 2 aromatic carbocycles. The molecule has 1 N–H and O–H groups in total. The van der Waals surface area contributed by atoms with Gasteiger partial charge in [-0.15, -0.1) is 0 Å². The van der Waals surface area contributed by atoms with Gasteiger partial charge in [-0.3, -0.25) is 13.8 Å². The fourth-order valence-electron chi connectivity index (χ4n) is 6.18. The number of nitrogens with one attached hydrogen (secondary N) is 1. The van der Waals surface area contributed by atoms with Gasteiger partial charge in [0.15, 0.2) is 5.82 Å². The number of aryl methyl sites for hydroxylation is 1. The highest BCUT2D eigenvalue weighted by atomic mass is 19.1. The molecule has 2 fully saturated rings. The molecular weight excluding hydrogens is 500 g/mol. The molecule has 0 unspecified atom stereocenters. The highest BCUT2D eigenvalue weighted by molar-refractivity contribution is 5.81. The van der Waals surface area contributed by atoms with E-state index in [1.807, 2.05) is 6.07 Å². The van der Waals surface area contributed by atoms with E-state index in [1.54, 1.807) is 51.6 Å². The van der Waals surface area contributed by atoms with Crippen LogP contribution in [0.25, 0.3) is 28.1 Å². The molecule has 2 aliphatic carbocycles. The minimum Gasteiger partial charge on any atom is -0.309 e. The first kappa shape index (κ1) is 22.9. The number of aromatic nitrogens is 6. The Bertz CT molecular complexity index is 1870. The van der Waals surface area contributed by atoms with Crippen molar-refractivity contribution in [2.45, 2.75) is 50.0 Å². The van der Waals surface area contributed by atoms with Crippen LogP contribution in [0.2, 0.25) is 0 Å². The highest BCUT2D eigenvalue weighted by Gasteiger charge is 2.52. The lowest BCUT2D eigenvalue weighted by atomic mass is 9.90.